The topological polar surface area (TPSA) is 162 Å². The average molecular weight is 550 g/mol. The van der Waals surface area contributed by atoms with Gasteiger partial charge < -0.3 is 25.6 Å². The lowest BCUT2D eigenvalue weighted by atomic mass is 9.95. The number of nitrogens with zero attached hydrogens (tertiary/aromatic N) is 1. The molecule has 0 radical (unpaired) electrons. The Balaban J connectivity index is 3.35. The van der Waals surface area contributed by atoms with E-state index < -0.39 is 66.5 Å². The first-order chi connectivity index (χ1) is 18.2. The molecule has 1 aromatic carbocycles. The molecule has 0 spiro atoms. The standard InChI is InChI=1S/C28H43N3O8/c1-7-8-12-18(2)22(32)16-23(33)31(24(34)17-29-27(38)39-28(4,5)6)21(15-20-13-10-9-11-14-20)25(35)30-19(3)26(36)37/h9-11,13-14,18-19,21-22,32H,7-8,12,15-17H2,1-6H3,(H,29,38)(H,30,35)(H,36,37)/t18-,19+,21+,22-/m0/s1. The molecule has 11 heteroatoms. The lowest BCUT2D eigenvalue weighted by Gasteiger charge is -2.31. The van der Waals surface area contributed by atoms with Crippen LogP contribution in [0.1, 0.15) is 72.8 Å². The number of aliphatic hydroxyl groups is 1. The van der Waals surface area contributed by atoms with Crippen molar-refractivity contribution in [2.75, 3.05) is 6.54 Å². The molecule has 0 aliphatic heterocycles. The molecular weight excluding hydrogens is 506 g/mol. The zero-order valence-corrected chi connectivity index (χ0v) is 23.7. The predicted molar refractivity (Wildman–Crippen MR) is 145 cm³/mol. The number of aliphatic carboxylic acids is 1. The Hall–Kier alpha value is -3.47. The van der Waals surface area contributed by atoms with E-state index in [0.29, 0.717) is 16.9 Å². The lowest BCUT2D eigenvalue weighted by molar-refractivity contribution is -0.153. The molecule has 0 heterocycles. The molecule has 11 nitrogen and oxygen atoms in total. The Labute approximate surface area is 230 Å². The van der Waals surface area contributed by atoms with Gasteiger partial charge in [0, 0.05) is 6.42 Å². The van der Waals surface area contributed by atoms with Crippen LogP contribution in [0.4, 0.5) is 4.79 Å². The molecule has 1 rings (SSSR count). The molecule has 0 aliphatic rings. The quantitative estimate of drug-likeness (QED) is 0.275. The van der Waals surface area contributed by atoms with Gasteiger partial charge in [-0.3, -0.25) is 24.1 Å². The summed E-state index contributed by atoms with van der Waals surface area (Å²) in [6.07, 6.45) is -0.0749. The molecule has 4 N–H and O–H groups in total. The maximum Gasteiger partial charge on any atom is 0.408 e. The number of amides is 4. The molecule has 0 aliphatic carbocycles. The highest BCUT2D eigenvalue weighted by Crippen LogP contribution is 2.19. The average Bonchev–Trinajstić information content (AvgIpc) is 2.84. The van der Waals surface area contributed by atoms with Crippen LogP contribution in [0.25, 0.3) is 0 Å². The number of carbonyl (C=O) groups is 5. The summed E-state index contributed by atoms with van der Waals surface area (Å²) in [5.41, 5.74) is -0.215. The number of nitrogens with one attached hydrogen (secondary N) is 2. The number of aliphatic hydroxyl groups excluding tert-OH is 1. The van der Waals surface area contributed by atoms with Crippen molar-refractivity contribution in [1.82, 2.24) is 15.5 Å². The predicted octanol–water partition coefficient (Wildman–Crippen LogP) is 2.64. The van der Waals surface area contributed by atoms with Gasteiger partial charge in [-0.2, -0.15) is 0 Å². The number of ether oxygens (including phenoxy) is 1. The summed E-state index contributed by atoms with van der Waals surface area (Å²) in [5, 5.41) is 24.6. The highest BCUT2D eigenvalue weighted by Gasteiger charge is 2.37. The number of carboxylic acid groups (broad SMARTS) is 1. The fourth-order valence-corrected chi connectivity index (χ4v) is 3.74. The number of carboxylic acids is 1. The molecule has 0 unspecified atom stereocenters. The first-order valence-electron chi connectivity index (χ1n) is 13.2. The summed E-state index contributed by atoms with van der Waals surface area (Å²) in [7, 11) is 0. The molecule has 218 valence electrons. The van der Waals surface area contributed by atoms with E-state index in [2.05, 4.69) is 10.6 Å². The number of unbranched alkanes of at least 4 members (excludes halogenated alkanes) is 1. The Bertz CT molecular complexity index is 977. The minimum atomic E-state index is -1.44. The smallest absolute Gasteiger partial charge is 0.408 e. The molecule has 0 aromatic heterocycles. The number of benzene rings is 1. The second-order valence-electron chi connectivity index (χ2n) is 10.7. The fourth-order valence-electron chi connectivity index (χ4n) is 3.74. The number of hydrogen-bond donors (Lipinski definition) is 4. The third-order valence-corrected chi connectivity index (χ3v) is 5.99. The Morgan fingerprint density at radius 1 is 1.03 bits per heavy atom. The monoisotopic (exact) mass is 549 g/mol. The molecular formula is C28H43N3O8. The number of rotatable bonds is 14. The maximum atomic E-state index is 13.5. The number of carbonyl (C=O) groups excluding carboxylic acids is 4. The largest absolute Gasteiger partial charge is 0.480 e. The van der Waals surface area contributed by atoms with Crippen molar-refractivity contribution in [3.8, 4) is 0 Å². The van der Waals surface area contributed by atoms with Crippen LogP contribution in [0.3, 0.4) is 0 Å². The van der Waals surface area contributed by atoms with Gasteiger partial charge in [0.1, 0.15) is 24.2 Å². The molecule has 0 saturated heterocycles. The fraction of sp³-hybridized carbons (Fsp3) is 0.607. The van der Waals surface area contributed by atoms with Crippen LogP contribution < -0.4 is 10.6 Å². The van der Waals surface area contributed by atoms with Gasteiger partial charge in [0.05, 0.1) is 12.5 Å². The van der Waals surface area contributed by atoms with Crippen LogP contribution in [0, 0.1) is 5.92 Å². The van der Waals surface area contributed by atoms with Crippen molar-refractivity contribution in [3.05, 3.63) is 35.9 Å². The van der Waals surface area contributed by atoms with E-state index in [0.717, 1.165) is 12.8 Å². The van der Waals surface area contributed by atoms with E-state index in [4.69, 9.17) is 4.74 Å². The van der Waals surface area contributed by atoms with Crippen molar-refractivity contribution < 1.29 is 38.9 Å². The minimum Gasteiger partial charge on any atom is -0.480 e. The van der Waals surface area contributed by atoms with Crippen molar-refractivity contribution in [2.24, 2.45) is 5.92 Å². The van der Waals surface area contributed by atoms with Gasteiger partial charge in [0.2, 0.25) is 17.7 Å². The van der Waals surface area contributed by atoms with E-state index in [1.165, 1.54) is 6.92 Å². The highest BCUT2D eigenvalue weighted by molar-refractivity contribution is 6.02. The van der Waals surface area contributed by atoms with Gasteiger partial charge >= 0.3 is 12.1 Å². The van der Waals surface area contributed by atoms with Gasteiger partial charge in [-0.05, 0) is 45.6 Å². The van der Waals surface area contributed by atoms with E-state index in [1.54, 1.807) is 58.0 Å². The van der Waals surface area contributed by atoms with E-state index >= 15 is 0 Å². The van der Waals surface area contributed by atoms with E-state index in [9.17, 15) is 34.2 Å². The van der Waals surface area contributed by atoms with E-state index in [1.807, 2.05) is 6.92 Å². The zero-order chi connectivity index (χ0) is 29.8. The number of imide groups is 1. The summed E-state index contributed by atoms with van der Waals surface area (Å²) < 4.78 is 5.15. The van der Waals surface area contributed by atoms with Crippen molar-refractivity contribution in [1.29, 1.82) is 0 Å². The minimum absolute atomic E-state index is 0.107. The lowest BCUT2D eigenvalue weighted by Crippen LogP contribution is -2.57. The summed E-state index contributed by atoms with van der Waals surface area (Å²) >= 11 is 0. The third-order valence-electron chi connectivity index (χ3n) is 5.99. The number of hydrogen-bond acceptors (Lipinski definition) is 7. The summed E-state index contributed by atoms with van der Waals surface area (Å²) in [4.78, 5) is 64.5. The molecule has 39 heavy (non-hydrogen) atoms. The van der Waals surface area contributed by atoms with Crippen molar-refractivity contribution >= 4 is 29.8 Å². The van der Waals surface area contributed by atoms with Crippen LogP contribution in [-0.4, -0.2) is 75.2 Å². The van der Waals surface area contributed by atoms with E-state index in [-0.39, 0.29) is 12.3 Å². The molecule has 4 amide bonds. The van der Waals surface area contributed by atoms with Gasteiger partial charge in [-0.25, -0.2) is 4.79 Å². The van der Waals surface area contributed by atoms with Crippen LogP contribution in [0.5, 0.6) is 0 Å². The summed E-state index contributed by atoms with van der Waals surface area (Å²) in [6, 6.07) is 5.89. The summed E-state index contributed by atoms with van der Waals surface area (Å²) in [6.45, 7) is 9.35. The zero-order valence-electron chi connectivity index (χ0n) is 23.7. The Morgan fingerprint density at radius 3 is 2.18 bits per heavy atom. The SMILES string of the molecule is CCCC[C@H](C)[C@@H](O)CC(=O)N(C(=O)CNC(=O)OC(C)(C)C)[C@H](Cc1ccccc1)C(=O)N[C@H](C)C(=O)O. The molecule has 0 saturated carbocycles. The molecule has 0 bridgehead atoms. The van der Waals surface area contributed by atoms with Crippen LogP contribution in [0.15, 0.2) is 30.3 Å². The number of alkyl carbamates (subject to hydrolysis) is 1. The van der Waals surface area contributed by atoms with Crippen molar-refractivity contribution in [3.63, 3.8) is 0 Å². The molecule has 0 fully saturated rings. The molecule has 1 aromatic rings. The Kier molecular flexibility index (Phi) is 13.6. The van der Waals surface area contributed by atoms with Gasteiger partial charge in [-0.15, -0.1) is 0 Å². The van der Waals surface area contributed by atoms with Crippen LogP contribution >= 0.6 is 0 Å². The molecule has 4 atom stereocenters. The third kappa shape index (κ3) is 12.3. The van der Waals surface area contributed by atoms with Crippen LogP contribution in [-0.2, 0) is 30.3 Å². The second kappa shape index (κ2) is 15.8. The Morgan fingerprint density at radius 2 is 1.64 bits per heavy atom. The van der Waals surface area contributed by atoms with Gasteiger partial charge in [0.15, 0.2) is 0 Å². The van der Waals surface area contributed by atoms with Gasteiger partial charge in [-0.1, -0.05) is 57.0 Å². The normalized spacial score (nSPS) is 14.3. The van der Waals surface area contributed by atoms with Gasteiger partial charge in [0.25, 0.3) is 0 Å². The highest BCUT2D eigenvalue weighted by atomic mass is 16.6. The first-order valence-corrected chi connectivity index (χ1v) is 13.2. The van der Waals surface area contributed by atoms with Crippen molar-refractivity contribution in [2.45, 2.75) is 97.4 Å². The summed E-state index contributed by atoms with van der Waals surface area (Å²) in [5.74, 6) is -4.11. The first kappa shape index (κ1) is 33.6. The second-order valence-corrected chi connectivity index (χ2v) is 10.7. The van der Waals surface area contributed by atoms with Crippen LogP contribution in [0.2, 0.25) is 0 Å². The maximum absolute atomic E-state index is 13.5.